The van der Waals surface area contributed by atoms with Crippen molar-refractivity contribution in [2.75, 3.05) is 32.8 Å². The zero-order valence-corrected chi connectivity index (χ0v) is 16.0. The van der Waals surface area contributed by atoms with Gasteiger partial charge in [0.25, 0.3) is 0 Å². The third-order valence-electron chi connectivity index (χ3n) is 5.10. The number of β-amino-alcohol motifs (C(OH)–C–C–N with tert-alkyl or cyclic N) is 1. The molecular weight excluding hydrogens is 356 g/mol. The zero-order chi connectivity index (χ0) is 19.8. The minimum Gasteiger partial charge on any atom is -0.492 e. The van der Waals surface area contributed by atoms with Crippen molar-refractivity contribution in [3.8, 4) is 5.75 Å². The Morgan fingerprint density at radius 3 is 2.50 bits per heavy atom. The summed E-state index contributed by atoms with van der Waals surface area (Å²) in [6, 6.07) is 19.1. The van der Waals surface area contributed by atoms with Crippen molar-refractivity contribution in [3.05, 3.63) is 66.2 Å². The van der Waals surface area contributed by atoms with Gasteiger partial charge >= 0.3 is 0 Å². The monoisotopic (exact) mass is 384 g/mol. The van der Waals surface area contributed by atoms with E-state index in [4.69, 9.17) is 4.74 Å². The van der Waals surface area contributed by atoms with Crippen LogP contribution < -0.4 is 10.1 Å². The molecule has 0 radical (unpaired) electrons. The molecule has 1 fully saturated rings. The van der Waals surface area contributed by atoms with Crippen LogP contribution in [0.25, 0.3) is 0 Å². The minimum absolute atomic E-state index is 0.0310. The standard InChI is InChI=1S/C22H28N2O4/c25-20-16-24(21(26)15-18-7-3-1-4-8-18)13-11-22(20,27)17-23-12-14-28-19-9-5-2-6-10-19/h1-10,20,23,25,27H,11-17H2/t20-,22-/m0/s1. The first-order chi connectivity index (χ1) is 13.6. The molecule has 0 spiro atoms. The lowest BCUT2D eigenvalue weighted by atomic mass is 9.88. The highest BCUT2D eigenvalue weighted by atomic mass is 16.5. The van der Waals surface area contributed by atoms with E-state index in [0.717, 1.165) is 11.3 Å². The molecule has 0 aliphatic carbocycles. The summed E-state index contributed by atoms with van der Waals surface area (Å²) < 4.78 is 5.60. The van der Waals surface area contributed by atoms with E-state index in [1.165, 1.54) is 0 Å². The summed E-state index contributed by atoms with van der Waals surface area (Å²) in [5.41, 5.74) is -0.293. The average molecular weight is 384 g/mol. The van der Waals surface area contributed by atoms with Crippen LogP contribution in [0.5, 0.6) is 5.75 Å². The lowest BCUT2D eigenvalue weighted by Crippen LogP contribution is -2.61. The molecule has 0 unspecified atom stereocenters. The van der Waals surface area contributed by atoms with Gasteiger partial charge in [0.05, 0.1) is 6.42 Å². The molecule has 1 heterocycles. The molecule has 1 saturated heterocycles. The molecule has 3 N–H and O–H groups in total. The van der Waals surface area contributed by atoms with Crippen molar-refractivity contribution < 1.29 is 19.7 Å². The van der Waals surface area contributed by atoms with Gasteiger partial charge in [-0.1, -0.05) is 48.5 Å². The van der Waals surface area contributed by atoms with Crippen molar-refractivity contribution in [3.63, 3.8) is 0 Å². The van der Waals surface area contributed by atoms with Gasteiger partial charge in [-0.05, 0) is 24.1 Å². The Hall–Kier alpha value is -2.41. The molecule has 0 aromatic heterocycles. The van der Waals surface area contributed by atoms with E-state index in [-0.39, 0.29) is 19.0 Å². The van der Waals surface area contributed by atoms with E-state index in [1.807, 2.05) is 60.7 Å². The van der Waals surface area contributed by atoms with E-state index >= 15 is 0 Å². The number of aliphatic hydroxyl groups excluding tert-OH is 1. The van der Waals surface area contributed by atoms with E-state index in [9.17, 15) is 15.0 Å². The summed E-state index contributed by atoms with van der Waals surface area (Å²) in [5, 5.41) is 24.3. The first-order valence-electron chi connectivity index (χ1n) is 9.67. The Balaban J connectivity index is 1.40. The van der Waals surface area contributed by atoms with Crippen molar-refractivity contribution in [1.82, 2.24) is 10.2 Å². The number of aliphatic hydroxyl groups is 2. The minimum atomic E-state index is -1.24. The molecule has 0 saturated carbocycles. The average Bonchev–Trinajstić information content (AvgIpc) is 2.71. The summed E-state index contributed by atoms with van der Waals surface area (Å²) in [5.74, 6) is 0.768. The molecule has 6 heteroatoms. The predicted molar refractivity (Wildman–Crippen MR) is 107 cm³/mol. The van der Waals surface area contributed by atoms with Crippen molar-refractivity contribution in [2.24, 2.45) is 0 Å². The lowest BCUT2D eigenvalue weighted by molar-refractivity contribution is -0.148. The molecule has 150 valence electrons. The number of piperidine rings is 1. The van der Waals surface area contributed by atoms with Gasteiger partial charge in [0, 0.05) is 26.2 Å². The van der Waals surface area contributed by atoms with Gasteiger partial charge in [-0.2, -0.15) is 0 Å². The lowest BCUT2D eigenvalue weighted by Gasteiger charge is -2.42. The maximum atomic E-state index is 12.5. The van der Waals surface area contributed by atoms with E-state index in [1.54, 1.807) is 4.90 Å². The van der Waals surface area contributed by atoms with Crippen molar-refractivity contribution in [1.29, 1.82) is 0 Å². The molecule has 6 nitrogen and oxygen atoms in total. The maximum Gasteiger partial charge on any atom is 0.227 e. The van der Waals surface area contributed by atoms with Crippen LogP contribution in [0.15, 0.2) is 60.7 Å². The maximum absolute atomic E-state index is 12.5. The summed E-state index contributed by atoms with van der Waals surface area (Å²) in [6.07, 6.45) is -0.342. The first kappa shape index (κ1) is 20.3. The first-order valence-corrected chi connectivity index (χ1v) is 9.67. The van der Waals surface area contributed by atoms with Crippen LogP contribution >= 0.6 is 0 Å². The second kappa shape index (κ2) is 9.68. The number of para-hydroxylation sites is 1. The summed E-state index contributed by atoms with van der Waals surface area (Å²) >= 11 is 0. The number of benzene rings is 2. The largest absolute Gasteiger partial charge is 0.492 e. The van der Waals surface area contributed by atoms with Crippen molar-refractivity contribution in [2.45, 2.75) is 24.5 Å². The molecule has 1 aliphatic rings. The molecule has 2 aromatic rings. The SMILES string of the molecule is O=C(Cc1ccccc1)N1CC[C@](O)(CNCCOc2ccccc2)[C@@H](O)C1. The van der Waals surface area contributed by atoms with Crippen LogP contribution in [0, 0.1) is 0 Å². The zero-order valence-electron chi connectivity index (χ0n) is 16.0. The number of ether oxygens (including phenoxy) is 1. The molecule has 2 aromatic carbocycles. The van der Waals surface area contributed by atoms with Crippen LogP contribution in [-0.4, -0.2) is 65.5 Å². The van der Waals surface area contributed by atoms with Gasteiger partial charge in [-0.15, -0.1) is 0 Å². The van der Waals surface area contributed by atoms with Gasteiger partial charge in [0.15, 0.2) is 0 Å². The smallest absolute Gasteiger partial charge is 0.227 e. The molecule has 28 heavy (non-hydrogen) atoms. The number of carbonyl (C=O) groups excluding carboxylic acids is 1. The van der Waals surface area contributed by atoms with Gasteiger partial charge in [-0.3, -0.25) is 4.79 Å². The number of amides is 1. The predicted octanol–water partition coefficient (Wildman–Crippen LogP) is 1.22. The molecule has 2 atom stereocenters. The van der Waals surface area contributed by atoms with Crippen LogP contribution in [0.2, 0.25) is 0 Å². The van der Waals surface area contributed by atoms with Crippen LogP contribution in [0.1, 0.15) is 12.0 Å². The highest BCUT2D eigenvalue weighted by Gasteiger charge is 2.41. The Morgan fingerprint density at radius 1 is 1.14 bits per heavy atom. The van der Waals surface area contributed by atoms with Gasteiger partial charge < -0.3 is 25.2 Å². The highest BCUT2D eigenvalue weighted by Crippen LogP contribution is 2.23. The van der Waals surface area contributed by atoms with E-state index < -0.39 is 11.7 Å². The van der Waals surface area contributed by atoms with Crippen LogP contribution in [0.3, 0.4) is 0 Å². The number of nitrogens with zero attached hydrogens (tertiary/aromatic N) is 1. The molecule has 0 bridgehead atoms. The molecule has 1 aliphatic heterocycles. The topological polar surface area (TPSA) is 82.0 Å². The number of nitrogens with one attached hydrogen (secondary N) is 1. The Kier molecular flexibility index (Phi) is 7.03. The van der Waals surface area contributed by atoms with Crippen LogP contribution in [0.4, 0.5) is 0 Å². The van der Waals surface area contributed by atoms with Gasteiger partial charge in [-0.25, -0.2) is 0 Å². The number of hydrogen-bond acceptors (Lipinski definition) is 5. The van der Waals surface area contributed by atoms with E-state index in [0.29, 0.717) is 32.5 Å². The fourth-order valence-electron chi connectivity index (χ4n) is 3.34. The number of likely N-dealkylation sites (tertiary alicyclic amines) is 1. The Morgan fingerprint density at radius 2 is 1.82 bits per heavy atom. The Labute approximate surface area is 165 Å². The molecular formula is C22H28N2O4. The van der Waals surface area contributed by atoms with Gasteiger partial charge in [0.2, 0.25) is 5.91 Å². The fourth-order valence-corrected chi connectivity index (χ4v) is 3.34. The molecule has 1 amide bonds. The van der Waals surface area contributed by atoms with Crippen LogP contribution in [-0.2, 0) is 11.2 Å². The fraction of sp³-hybridized carbons (Fsp3) is 0.409. The second-order valence-corrected chi connectivity index (χ2v) is 7.21. The van der Waals surface area contributed by atoms with E-state index in [2.05, 4.69) is 5.32 Å². The molecule has 3 rings (SSSR count). The highest BCUT2D eigenvalue weighted by molar-refractivity contribution is 5.79. The Bertz CT molecular complexity index is 741. The summed E-state index contributed by atoms with van der Waals surface area (Å²) in [4.78, 5) is 14.1. The second-order valence-electron chi connectivity index (χ2n) is 7.21. The van der Waals surface area contributed by atoms with Crippen molar-refractivity contribution >= 4 is 5.91 Å². The summed E-state index contributed by atoms with van der Waals surface area (Å²) in [7, 11) is 0. The quantitative estimate of drug-likeness (QED) is 0.597. The third-order valence-corrected chi connectivity index (χ3v) is 5.10. The normalized spacial score (nSPS) is 22.1. The van der Waals surface area contributed by atoms with Gasteiger partial charge in [0.1, 0.15) is 24.1 Å². The number of carbonyl (C=O) groups is 1. The summed E-state index contributed by atoms with van der Waals surface area (Å²) in [6.45, 7) is 1.86. The number of rotatable bonds is 8. The third kappa shape index (κ3) is 5.55. The number of hydrogen-bond donors (Lipinski definition) is 3.